The van der Waals surface area contributed by atoms with Gasteiger partial charge in [0, 0.05) is 18.6 Å². The summed E-state index contributed by atoms with van der Waals surface area (Å²) in [7, 11) is 1.74. The Morgan fingerprint density at radius 3 is 2.70 bits per heavy atom. The van der Waals surface area contributed by atoms with Crippen LogP contribution in [0.4, 0.5) is 10.1 Å². The van der Waals surface area contributed by atoms with Gasteiger partial charge in [-0.1, -0.05) is 23.7 Å². The number of rotatable bonds is 4. The van der Waals surface area contributed by atoms with E-state index in [1.165, 1.54) is 24.3 Å². The summed E-state index contributed by atoms with van der Waals surface area (Å²) in [6.07, 6.45) is 0. The van der Waals surface area contributed by atoms with Crippen molar-refractivity contribution in [3.05, 3.63) is 64.4 Å². The van der Waals surface area contributed by atoms with Crippen LogP contribution in [0.15, 0.2) is 42.5 Å². The Kier molecular flexibility index (Phi) is 4.25. The fraction of sp³-hybridized carbons (Fsp3) is 0.133. The van der Waals surface area contributed by atoms with E-state index in [0.29, 0.717) is 17.3 Å². The third-order valence-electron chi connectivity index (χ3n) is 2.91. The lowest BCUT2D eigenvalue weighted by Crippen LogP contribution is -2.19. The quantitative estimate of drug-likeness (QED) is 0.932. The highest BCUT2D eigenvalue weighted by Crippen LogP contribution is 2.25. The van der Waals surface area contributed by atoms with Gasteiger partial charge in [-0.2, -0.15) is 0 Å². The van der Waals surface area contributed by atoms with E-state index in [1.54, 1.807) is 30.1 Å². The lowest BCUT2D eigenvalue weighted by molar-refractivity contribution is 0.0697. The molecule has 104 valence electrons. The molecule has 0 aliphatic carbocycles. The summed E-state index contributed by atoms with van der Waals surface area (Å²) < 4.78 is 13.2. The average molecular weight is 294 g/mol. The van der Waals surface area contributed by atoms with Crippen molar-refractivity contribution in [3.63, 3.8) is 0 Å². The van der Waals surface area contributed by atoms with Crippen LogP contribution in [0, 0.1) is 5.82 Å². The number of nitrogens with zero attached hydrogens (tertiary/aromatic N) is 1. The molecule has 0 radical (unpaired) electrons. The van der Waals surface area contributed by atoms with E-state index in [2.05, 4.69) is 0 Å². The number of carbonyl (C=O) groups is 1. The number of carboxylic acid groups (broad SMARTS) is 1. The molecule has 0 aromatic heterocycles. The van der Waals surface area contributed by atoms with Gasteiger partial charge in [-0.05, 0) is 35.9 Å². The first kappa shape index (κ1) is 14.3. The van der Waals surface area contributed by atoms with E-state index < -0.39 is 5.97 Å². The van der Waals surface area contributed by atoms with E-state index in [1.807, 2.05) is 0 Å². The minimum atomic E-state index is -1.03. The van der Waals surface area contributed by atoms with Crippen LogP contribution in [-0.4, -0.2) is 18.1 Å². The zero-order chi connectivity index (χ0) is 14.7. The fourth-order valence-corrected chi connectivity index (χ4v) is 2.16. The largest absolute Gasteiger partial charge is 0.478 e. The smallest absolute Gasteiger partial charge is 0.337 e. The van der Waals surface area contributed by atoms with Crippen LogP contribution in [0.2, 0.25) is 5.02 Å². The zero-order valence-electron chi connectivity index (χ0n) is 10.8. The Hall–Kier alpha value is -2.07. The third kappa shape index (κ3) is 3.27. The van der Waals surface area contributed by atoms with E-state index in [-0.39, 0.29) is 11.4 Å². The van der Waals surface area contributed by atoms with Crippen molar-refractivity contribution < 1.29 is 14.3 Å². The Morgan fingerprint density at radius 2 is 2.05 bits per heavy atom. The zero-order valence-corrected chi connectivity index (χ0v) is 11.6. The van der Waals surface area contributed by atoms with Gasteiger partial charge < -0.3 is 10.0 Å². The lowest BCUT2D eigenvalue weighted by Gasteiger charge is -2.21. The normalized spacial score (nSPS) is 10.3. The summed E-state index contributed by atoms with van der Waals surface area (Å²) >= 11 is 5.91. The summed E-state index contributed by atoms with van der Waals surface area (Å²) in [5.74, 6) is -1.34. The molecule has 0 fully saturated rings. The van der Waals surface area contributed by atoms with Gasteiger partial charge in [-0.25, -0.2) is 9.18 Å². The Morgan fingerprint density at radius 1 is 1.30 bits per heavy atom. The minimum absolute atomic E-state index is 0.160. The second kappa shape index (κ2) is 5.92. The van der Waals surface area contributed by atoms with Crippen LogP contribution in [0.5, 0.6) is 0 Å². The number of anilines is 1. The number of benzene rings is 2. The molecule has 3 nitrogen and oxygen atoms in total. The van der Waals surface area contributed by atoms with Gasteiger partial charge >= 0.3 is 5.97 Å². The lowest BCUT2D eigenvalue weighted by atomic mass is 10.1. The first-order valence-corrected chi connectivity index (χ1v) is 6.33. The molecule has 0 aliphatic heterocycles. The van der Waals surface area contributed by atoms with Crippen LogP contribution in [0.25, 0.3) is 0 Å². The maximum absolute atomic E-state index is 13.2. The van der Waals surface area contributed by atoms with Crippen molar-refractivity contribution in [1.29, 1.82) is 0 Å². The van der Waals surface area contributed by atoms with Crippen molar-refractivity contribution in [2.75, 3.05) is 11.9 Å². The van der Waals surface area contributed by atoms with Crippen molar-refractivity contribution in [2.45, 2.75) is 6.54 Å². The molecule has 0 aliphatic rings. The number of halogens is 2. The van der Waals surface area contributed by atoms with Crippen LogP contribution in [0.3, 0.4) is 0 Å². The second-order valence-corrected chi connectivity index (χ2v) is 4.89. The summed E-state index contributed by atoms with van der Waals surface area (Å²) in [6.45, 7) is 0.387. The Balaban J connectivity index is 2.31. The molecule has 2 aromatic rings. The summed E-state index contributed by atoms with van der Waals surface area (Å²) in [6, 6.07) is 10.8. The monoisotopic (exact) mass is 293 g/mol. The molecule has 1 N–H and O–H groups in total. The maximum Gasteiger partial charge on any atom is 0.337 e. The van der Waals surface area contributed by atoms with Crippen LogP contribution >= 0.6 is 11.6 Å². The van der Waals surface area contributed by atoms with Gasteiger partial charge in [-0.3, -0.25) is 0 Å². The van der Waals surface area contributed by atoms with E-state index in [0.717, 1.165) is 5.56 Å². The number of carboxylic acids is 1. The molecule has 0 spiro atoms. The summed E-state index contributed by atoms with van der Waals surface area (Å²) in [5.41, 5.74) is 1.41. The average Bonchev–Trinajstić information content (AvgIpc) is 2.38. The number of hydrogen-bond donors (Lipinski definition) is 1. The molecule has 5 heteroatoms. The molecule has 2 rings (SSSR count). The van der Waals surface area contributed by atoms with Gasteiger partial charge in [0.2, 0.25) is 0 Å². The molecule has 0 saturated carbocycles. The van der Waals surface area contributed by atoms with Gasteiger partial charge in [0.05, 0.1) is 11.3 Å². The molecule has 0 bridgehead atoms. The molecule has 0 amide bonds. The van der Waals surface area contributed by atoms with Crippen molar-refractivity contribution >= 4 is 23.3 Å². The molecule has 2 aromatic carbocycles. The topological polar surface area (TPSA) is 40.5 Å². The molecule has 0 unspecified atom stereocenters. The summed E-state index contributed by atoms with van der Waals surface area (Å²) in [5, 5.41) is 9.64. The molecule has 20 heavy (non-hydrogen) atoms. The van der Waals surface area contributed by atoms with Crippen LogP contribution < -0.4 is 4.90 Å². The van der Waals surface area contributed by atoms with Crippen LogP contribution in [0.1, 0.15) is 15.9 Å². The molecular weight excluding hydrogens is 281 g/mol. The number of hydrogen-bond acceptors (Lipinski definition) is 2. The van der Waals surface area contributed by atoms with Crippen molar-refractivity contribution in [2.24, 2.45) is 0 Å². The van der Waals surface area contributed by atoms with Crippen molar-refractivity contribution in [1.82, 2.24) is 0 Å². The predicted molar refractivity (Wildman–Crippen MR) is 76.9 cm³/mol. The summed E-state index contributed by atoms with van der Waals surface area (Å²) in [4.78, 5) is 12.9. The highest BCUT2D eigenvalue weighted by atomic mass is 35.5. The molecular formula is C15H13ClFNO2. The van der Waals surface area contributed by atoms with E-state index in [4.69, 9.17) is 11.6 Å². The van der Waals surface area contributed by atoms with E-state index in [9.17, 15) is 14.3 Å². The van der Waals surface area contributed by atoms with Crippen LogP contribution in [-0.2, 0) is 6.54 Å². The fourth-order valence-electron chi connectivity index (χ4n) is 2.00. The Bertz CT molecular complexity index is 646. The SMILES string of the molecule is CN(Cc1cccc(F)c1)c1cc(Cl)ccc1C(=O)O. The van der Waals surface area contributed by atoms with Gasteiger partial charge in [0.1, 0.15) is 5.82 Å². The van der Waals surface area contributed by atoms with Gasteiger partial charge in [0.25, 0.3) is 0 Å². The minimum Gasteiger partial charge on any atom is -0.478 e. The number of aromatic carboxylic acids is 1. The predicted octanol–water partition coefficient (Wildman–Crippen LogP) is 3.81. The standard InChI is InChI=1S/C15H13ClFNO2/c1-18(9-10-3-2-4-12(17)7-10)14-8-11(16)5-6-13(14)15(19)20/h2-8H,9H2,1H3,(H,19,20). The first-order valence-electron chi connectivity index (χ1n) is 5.96. The molecule has 0 atom stereocenters. The highest BCUT2D eigenvalue weighted by molar-refractivity contribution is 6.31. The van der Waals surface area contributed by atoms with Crippen molar-refractivity contribution in [3.8, 4) is 0 Å². The second-order valence-electron chi connectivity index (χ2n) is 4.45. The Labute approximate surface area is 121 Å². The van der Waals surface area contributed by atoms with Gasteiger partial charge in [-0.15, -0.1) is 0 Å². The first-order chi connectivity index (χ1) is 9.47. The third-order valence-corrected chi connectivity index (χ3v) is 3.15. The maximum atomic E-state index is 13.2. The molecule has 0 saturated heterocycles. The highest BCUT2D eigenvalue weighted by Gasteiger charge is 2.14. The van der Waals surface area contributed by atoms with Gasteiger partial charge in [0.15, 0.2) is 0 Å². The van der Waals surface area contributed by atoms with E-state index >= 15 is 0 Å². The molecule has 0 heterocycles.